The van der Waals surface area contributed by atoms with Crippen molar-refractivity contribution in [3.8, 4) is 5.75 Å². The van der Waals surface area contributed by atoms with Crippen LogP contribution in [0.2, 0.25) is 0 Å². The van der Waals surface area contributed by atoms with E-state index in [0.717, 1.165) is 6.92 Å². The molecular formula is C24H32N2O8. The first-order valence-corrected chi connectivity index (χ1v) is 10.8. The molecule has 0 heterocycles. The highest BCUT2D eigenvalue weighted by molar-refractivity contribution is 6.22. The van der Waals surface area contributed by atoms with E-state index in [1.807, 2.05) is 0 Å². The Morgan fingerprint density at radius 1 is 1.15 bits per heavy atom. The molecule has 3 aliphatic rings. The number of carbonyl (C=O) groups is 4. The Hall–Kier alpha value is -3.50. The van der Waals surface area contributed by atoms with Gasteiger partial charge in [-0.2, -0.15) is 0 Å². The molecule has 0 aliphatic heterocycles. The van der Waals surface area contributed by atoms with Crippen molar-refractivity contribution in [2.75, 3.05) is 26.0 Å². The smallest absolute Gasteiger partial charge is 0.238 e. The number of Topliss-reactive ketones (excluding diaryl/α,β-unsaturated/α-hetero) is 3. The highest BCUT2D eigenvalue weighted by Crippen LogP contribution is 2.50. The van der Waals surface area contributed by atoms with E-state index in [9.17, 15) is 34.5 Å². The molecule has 0 radical (unpaired) electrons. The lowest BCUT2D eigenvalue weighted by Crippen LogP contribution is -2.43. The zero-order chi connectivity index (χ0) is 24.2. The zero-order valence-corrected chi connectivity index (χ0v) is 19.1. The van der Waals surface area contributed by atoms with Gasteiger partial charge in [-0.05, 0) is 57.3 Å². The van der Waals surface area contributed by atoms with Crippen LogP contribution in [0.4, 0.5) is 5.69 Å². The molecule has 0 bridgehead atoms. The lowest BCUT2D eigenvalue weighted by atomic mass is 9.61. The molecule has 0 saturated heterocycles. The second kappa shape index (κ2) is 9.03. The largest absolute Gasteiger partial charge is 0.511 e. The maximum Gasteiger partial charge on any atom is 0.238 e. The number of nitrogens with one attached hydrogen (secondary N) is 1. The summed E-state index contributed by atoms with van der Waals surface area (Å²) in [5.74, 6) is -5.20. The number of phenols is 1. The molecule has 1 aromatic rings. The summed E-state index contributed by atoms with van der Waals surface area (Å²) in [6.07, 6.45) is 0.703. The summed E-state index contributed by atoms with van der Waals surface area (Å²) in [7, 11) is 3.45. The molecule has 10 nitrogen and oxygen atoms in total. The standard InChI is InChI=1S/C24H26N2O7.H2O.2H2/c1-10(27)17-15(28)8-13-7-12-6-11-4-5-14(25-16(29)9-26(2)3)21(30)18(11)23(32)19(12)24(33)20(13)22(17)31;;;/h4-5,12-13,20,30-32H,6-9H2,1-3H3,(H,25,29);1H2;2*1H. The molecule has 34 heavy (non-hydrogen) atoms. The lowest BCUT2D eigenvalue weighted by Gasteiger charge is -2.41. The van der Waals surface area contributed by atoms with Crippen molar-refractivity contribution < 1.29 is 42.8 Å². The minimum atomic E-state index is -1.08. The number of hydrogen-bond donors (Lipinski definition) is 4. The summed E-state index contributed by atoms with van der Waals surface area (Å²) >= 11 is 0. The van der Waals surface area contributed by atoms with Crippen molar-refractivity contribution in [2.45, 2.75) is 26.2 Å². The van der Waals surface area contributed by atoms with Crippen LogP contribution in [0.5, 0.6) is 5.75 Å². The summed E-state index contributed by atoms with van der Waals surface area (Å²) in [5.41, 5.74) is 0.504. The second-order valence-corrected chi connectivity index (χ2v) is 9.23. The number of aromatic hydroxyl groups is 1. The van der Waals surface area contributed by atoms with Gasteiger partial charge in [-0.3, -0.25) is 19.2 Å². The molecule has 6 N–H and O–H groups in total. The molecule has 1 saturated carbocycles. The quantitative estimate of drug-likeness (QED) is 0.374. The van der Waals surface area contributed by atoms with Crippen molar-refractivity contribution in [3.05, 3.63) is 40.2 Å². The molecule has 3 atom stereocenters. The third-order valence-corrected chi connectivity index (χ3v) is 6.60. The van der Waals surface area contributed by atoms with E-state index >= 15 is 0 Å². The van der Waals surface area contributed by atoms with Gasteiger partial charge in [-0.1, -0.05) is 6.07 Å². The number of likely N-dealkylation sites (N-methyl/N-ethyl adjacent to an activating group) is 1. The summed E-state index contributed by atoms with van der Waals surface area (Å²) in [6.45, 7) is 1.26. The Kier molecular flexibility index (Phi) is 6.68. The highest BCUT2D eigenvalue weighted by Gasteiger charge is 2.50. The lowest BCUT2D eigenvalue weighted by molar-refractivity contribution is -0.127. The third kappa shape index (κ3) is 3.99. The number of amides is 1. The van der Waals surface area contributed by atoms with Crippen LogP contribution in [0.3, 0.4) is 0 Å². The van der Waals surface area contributed by atoms with Crippen molar-refractivity contribution in [1.82, 2.24) is 4.90 Å². The van der Waals surface area contributed by atoms with Crippen LogP contribution in [0.1, 0.15) is 33.7 Å². The molecule has 1 amide bonds. The molecular weight excluding hydrogens is 444 g/mol. The first-order valence-electron chi connectivity index (χ1n) is 10.8. The number of anilines is 1. The van der Waals surface area contributed by atoms with E-state index in [1.165, 1.54) is 0 Å². The number of hydrogen-bond acceptors (Lipinski definition) is 8. The SMILES string of the molecule is CC(=O)C1=C(O)C2C(=O)C3=C(O)c4c(ccc(NC(=O)CN(C)C)c4O)CC3CC2CC1=O.O.[HH].[HH]. The summed E-state index contributed by atoms with van der Waals surface area (Å²) in [6, 6.07) is 3.23. The minimum Gasteiger partial charge on any atom is -0.511 e. The number of aliphatic hydroxyl groups is 2. The number of nitrogens with zero attached hydrogens (tertiary/aromatic N) is 1. The number of phenolic OH excluding ortho intramolecular Hbond substituents is 1. The van der Waals surface area contributed by atoms with Crippen LogP contribution >= 0.6 is 0 Å². The number of allylic oxidation sites excluding steroid dienone is 3. The topological polar surface area (TPSA) is 176 Å². The number of carbonyl (C=O) groups excluding carboxylic acids is 4. The maximum absolute atomic E-state index is 13.4. The third-order valence-electron chi connectivity index (χ3n) is 6.60. The van der Waals surface area contributed by atoms with Gasteiger partial charge in [-0.25, -0.2) is 0 Å². The van der Waals surface area contributed by atoms with Crippen LogP contribution in [0.25, 0.3) is 5.76 Å². The van der Waals surface area contributed by atoms with Crippen LogP contribution in [-0.2, 0) is 25.6 Å². The number of benzene rings is 1. The Labute approximate surface area is 198 Å². The van der Waals surface area contributed by atoms with E-state index < -0.39 is 40.7 Å². The van der Waals surface area contributed by atoms with Crippen LogP contribution in [0, 0.1) is 17.8 Å². The molecule has 4 rings (SSSR count). The zero-order valence-electron chi connectivity index (χ0n) is 19.1. The van der Waals surface area contributed by atoms with Gasteiger partial charge in [0.25, 0.3) is 0 Å². The van der Waals surface area contributed by atoms with Gasteiger partial charge in [0.05, 0.1) is 29.3 Å². The molecule has 1 aromatic carbocycles. The minimum absolute atomic E-state index is 0. The fourth-order valence-electron chi connectivity index (χ4n) is 5.31. The Morgan fingerprint density at radius 3 is 2.44 bits per heavy atom. The molecule has 0 aromatic heterocycles. The monoisotopic (exact) mass is 476 g/mol. The van der Waals surface area contributed by atoms with Crippen LogP contribution in [-0.4, -0.2) is 69.6 Å². The molecule has 10 heteroatoms. The molecule has 3 unspecified atom stereocenters. The fourth-order valence-corrected chi connectivity index (χ4v) is 5.31. The van der Waals surface area contributed by atoms with E-state index in [1.54, 1.807) is 31.1 Å². The van der Waals surface area contributed by atoms with Crippen molar-refractivity contribution in [3.63, 3.8) is 0 Å². The van der Waals surface area contributed by atoms with Crippen LogP contribution < -0.4 is 5.32 Å². The number of fused-ring (bicyclic) bond motifs is 3. The summed E-state index contributed by atoms with van der Waals surface area (Å²) < 4.78 is 0. The Balaban J connectivity index is 0.00000216. The number of rotatable bonds is 4. The van der Waals surface area contributed by atoms with Gasteiger partial charge < -0.3 is 31.0 Å². The Bertz CT molecular complexity index is 1170. The first kappa shape index (κ1) is 25.1. The number of ketones is 3. The average Bonchev–Trinajstić information content (AvgIpc) is 2.68. The molecule has 0 spiro atoms. The van der Waals surface area contributed by atoms with Gasteiger partial charge in [0.15, 0.2) is 17.3 Å². The predicted octanol–water partition coefficient (Wildman–Crippen LogP) is 1.58. The summed E-state index contributed by atoms with van der Waals surface area (Å²) in [4.78, 5) is 51.4. The molecule has 3 aliphatic carbocycles. The molecule has 1 fully saturated rings. The van der Waals surface area contributed by atoms with Gasteiger partial charge in [0.1, 0.15) is 17.3 Å². The number of aliphatic hydroxyl groups excluding tert-OH is 2. The molecule has 186 valence electrons. The maximum atomic E-state index is 13.4. The van der Waals surface area contributed by atoms with E-state index in [-0.39, 0.29) is 61.3 Å². The normalized spacial score (nSPS) is 23.7. The predicted molar refractivity (Wildman–Crippen MR) is 126 cm³/mol. The van der Waals surface area contributed by atoms with Crippen molar-refractivity contribution in [2.24, 2.45) is 17.8 Å². The van der Waals surface area contributed by atoms with Crippen LogP contribution in [0.15, 0.2) is 29.0 Å². The van der Waals surface area contributed by atoms with Gasteiger partial charge >= 0.3 is 0 Å². The van der Waals surface area contributed by atoms with Gasteiger partial charge in [-0.15, -0.1) is 0 Å². The van der Waals surface area contributed by atoms with Gasteiger partial charge in [0, 0.05) is 14.8 Å². The highest BCUT2D eigenvalue weighted by atomic mass is 16.3. The Morgan fingerprint density at radius 2 is 1.82 bits per heavy atom. The van der Waals surface area contributed by atoms with Crippen molar-refractivity contribution in [1.29, 1.82) is 0 Å². The first-order chi connectivity index (χ1) is 15.5. The van der Waals surface area contributed by atoms with Crippen molar-refractivity contribution >= 4 is 34.7 Å². The van der Waals surface area contributed by atoms with E-state index in [4.69, 9.17) is 0 Å². The van der Waals surface area contributed by atoms with Gasteiger partial charge in [0.2, 0.25) is 5.91 Å². The second-order valence-electron chi connectivity index (χ2n) is 9.23. The van der Waals surface area contributed by atoms with E-state index in [2.05, 4.69) is 5.32 Å². The summed E-state index contributed by atoms with van der Waals surface area (Å²) in [5, 5.41) is 35.1. The van der Waals surface area contributed by atoms with E-state index in [0.29, 0.717) is 18.4 Å². The average molecular weight is 477 g/mol. The fraction of sp³-hybridized carbons (Fsp3) is 0.417.